The average molecular weight is 480 g/mol. The number of hydrogen-bond acceptors (Lipinski definition) is 4. The van der Waals surface area contributed by atoms with E-state index < -0.39 is 6.29 Å². The summed E-state index contributed by atoms with van der Waals surface area (Å²) in [6.45, 7) is 7.70. The van der Waals surface area contributed by atoms with E-state index in [0.29, 0.717) is 24.3 Å². The van der Waals surface area contributed by atoms with Crippen molar-refractivity contribution in [1.29, 1.82) is 0 Å². The van der Waals surface area contributed by atoms with Crippen molar-refractivity contribution in [2.45, 2.75) is 84.8 Å². The van der Waals surface area contributed by atoms with Crippen molar-refractivity contribution in [3.05, 3.63) is 47.3 Å². The first-order valence-corrected chi connectivity index (χ1v) is 13.7. The van der Waals surface area contributed by atoms with E-state index in [0.717, 1.165) is 30.3 Å². The summed E-state index contributed by atoms with van der Waals surface area (Å²) in [6, 6.07) is 0. The van der Waals surface area contributed by atoms with Crippen LogP contribution in [0.1, 0.15) is 78.6 Å². The molecular formula is C30H41NO4. The van der Waals surface area contributed by atoms with Crippen molar-refractivity contribution in [2.24, 2.45) is 28.6 Å². The zero-order chi connectivity index (χ0) is 24.6. The summed E-state index contributed by atoms with van der Waals surface area (Å²) in [6.07, 6.45) is 19.0. The second-order valence-electron chi connectivity index (χ2n) is 11.8. The van der Waals surface area contributed by atoms with E-state index in [-0.39, 0.29) is 23.7 Å². The van der Waals surface area contributed by atoms with Crippen molar-refractivity contribution >= 4 is 11.7 Å². The average Bonchev–Trinajstić information content (AvgIpc) is 3.26. The SMILES string of the molecule is CC1=C(CCCNC(=O)CO[C@H]2C=CC=CO2)C(=O)C=C2CC[C@H]3[C@@H]4CCC[C@@]4(C)CC[C@@H]3[C@]21C. The fourth-order valence-corrected chi connectivity index (χ4v) is 8.18. The summed E-state index contributed by atoms with van der Waals surface area (Å²) < 4.78 is 10.7. The molecule has 5 aliphatic rings. The van der Waals surface area contributed by atoms with Gasteiger partial charge in [0.2, 0.25) is 12.2 Å². The van der Waals surface area contributed by atoms with Crippen LogP contribution in [0.3, 0.4) is 0 Å². The molecule has 5 rings (SSSR count). The highest BCUT2D eigenvalue weighted by molar-refractivity contribution is 6.06. The maximum atomic E-state index is 13.1. The lowest BCUT2D eigenvalue weighted by Crippen LogP contribution is -2.50. The third kappa shape index (κ3) is 4.45. The lowest BCUT2D eigenvalue weighted by Gasteiger charge is -2.58. The Hall–Kier alpha value is -2.14. The van der Waals surface area contributed by atoms with Gasteiger partial charge >= 0.3 is 0 Å². The molecule has 1 amide bonds. The lowest BCUT2D eigenvalue weighted by molar-refractivity contribution is -0.135. The van der Waals surface area contributed by atoms with Crippen molar-refractivity contribution < 1.29 is 19.1 Å². The van der Waals surface area contributed by atoms with Crippen LogP contribution in [-0.4, -0.2) is 31.1 Å². The van der Waals surface area contributed by atoms with E-state index in [1.807, 2.05) is 12.2 Å². The van der Waals surface area contributed by atoms with Gasteiger partial charge in [0, 0.05) is 12.0 Å². The van der Waals surface area contributed by atoms with Gasteiger partial charge in [-0.3, -0.25) is 9.59 Å². The molecule has 0 radical (unpaired) electrons. The Morgan fingerprint density at radius 2 is 2.03 bits per heavy atom. The minimum atomic E-state index is -0.513. The molecule has 0 aromatic rings. The van der Waals surface area contributed by atoms with Gasteiger partial charge in [-0.2, -0.15) is 0 Å². The van der Waals surface area contributed by atoms with Gasteiger partial charge in [0.05, 0.1) is 6.26 Å². The molecule has 35 heavy (non-hydrogen) atoms. The largest absolute Gasteiger partial charge is 0.469 e. The number of ketones is 1. The zero-order valence-electron chi connectivity index (χ0n) is 21.6. The number of allylic oxidation sites excluding steroid dienone is 6. The molecule has 1 aliphatic heterocycles. The molecule has 0 unspecified atom stereocenters. The Morgan fingerprint density at radius 3 is 2.83 bits per heavy atom. The Labute approximate surface area is 210 Å². The number of nitrogens with one attached hydrogen (secondary N) is 1. The first-order chi connectivity index (χ1) is 16.8. The second-order valence-corrected chi connectivity index (χ2v) is 11.8. The number of amides is 1. The highest BCUT2D eigenvalue weighted by atomic mass is 16.7. The molecule has 1 N–H and O–H groups in total. The normalized spacial score (nSPS) is 37.8. The van der Waals surface area contributed by atoms with E-state index in [4.69, 9.17) is 9.47 Å². The number of fused-ring (bicyclic) bond motifs is 5. The minimum absolute atomic E-state index is 0.0229. The summed E-state index contributed by atoms with van der Waals surface area (Å²) in [5, 5.41) is 2.92. The maximum Gasteiger partial charge on any atom is 0.246 e. The molecule has 0 spiro atoms. The van der Waals surface area contributed by atoms with E-state index >= 15 is 0 Å². The zero-order valence-corrected chi connectivity index (χ0v) is 21.6. The molecule has 4 aliphatic carbocycles. The number of ether oxygens (including phenoxy) is 2. The minimum Gasteiger partial charge on any atom is -0.469 e. The molecule has 5 nitrogen and oxygen atoms in total. The molecule has 6 atom stereocenters. The van der Waals surface area contributed by atoms with Gasteiger partial charge in [0.1, 0.15) is 6.61 Å². The van der Waals surface area contributed by atoms with Crippen LogP contribution in [-0.2, 0) is 19.1 Å². The Balaban J connectivity index is 1.20. The van der Waals surface area contributed by atoms with E-state index in [1.165, 1.54) is 49.7 Å². The molecule has 3 fully saturated rings. The third-order valence-electron chi connectivity index (χ3n) is 10.2. The predicted molar refractivity (Wildman–Crippen MR) is 136 cm³/mol. The van der Waals surface area contributed by atoms with Crippen molar-refractivity contribution in [3.8, 4) is 0 Å². The van der Waals surface area contributed by atoms with Gasteiger partial charge in [-0.05, 0) is 105 Å². The first kappa shape index (κ1) is 24.5. The number of carbonyl (C=O) groups excluding carboxylic acids is 2. The first-order valence-electron chi connectivity index (χ1n) is 13.7. The van der Waals surface area contributed by atoms with Gasteiger partial charge in [0.25, 0.3) is 0 Å². The number of carbonyl (C=O) groups is 2. The highest BCUT2D eigenvalue weighted by Gasteiger charge is 2.57. The highest BCUT2D eigenvalue weighted by Crippen LogP contribution is 2.66. The van der Waals surface area contributed by atoms with E-state index in [1.54, 1.807) is 18.4 Å². The van der Waals surface area contributed by atoms with Crippen LogP contribution >= 0.6 is 0 Å². The van der Waals surface area contributed by atoms with Gasteiger partial charge in [0.15, 0.2) is 5.78 Å². The Morgan fingerprint density at radius 1 is 1.17 bits per heavy atom. The van der Waals surface area contributed by atoms with Gasteiger partial charge in [-0.1, -0.05) is 37.5 Å². The Kier molecular flexibility index (Phi) is 6.82. The van der Waals surface area contributed by atoms with Crippen molar-refractivity contribution in [1.82, 2.24) is 5.32 Å². The van der Waals surface area contributed by atoms with Crippen molar-refractivity contribution in [3.63, 3.8) is 0 Å². The third-order valence-corrected chi connectivity index (χ3v) is 10.2. The fraction of sp³-hybridized carbons (Fsp3) is 0.667. The molecule has 3 saturated carbocycles. The van der Waals surface area contributed by atoms with Crippen LogP contribution in [0.5, 0.6) is 0 Å². The summed E-state index contributed by atoms with van der Waals surface area (Å²) in [7, 11) is 0. The molecule has 190 valence electrons. The monoisotopic (exact) mass is 479 g/mol. The molecular weight excluding hydrogens is 438 g/mol. The van der Waals surface area contributed by atoms with Gasteiger partial charge in [-0.15, -0.1) is 0 Å². The number of hydrogen-bond donors (Lipinski definition) is 1. The quantitative estimate of drug-likeness (QED) is 0.470. The smallest absolute Gasteiger partial charge is 0.246 e. The molecule has 0 bridgehead atoms. The summed E-state index contributed by atoms with van der Waals surface area (Å²) in [5.41, 5.74) is 4.23. The fourth-order valence-electron chi connectivity index (χ4n) is 8.18. The summed E-state index contributed by atoms with van der Waals surface area (Å²) in [4.78, 5) is 25.3. The Bertz CT molecular complexity index is 990. The lowest BCUT2D eigenvalue weighted by atomic mass is 9.46. The molecule has 5 heteroatoms. The standard InChI is InChI=1S/C30H41NO4/c1-20-22(8-7-16-31-27(33)19-35-28-10-4-5-17-34-28)26(32)18-21-11-12-23-24-9-6-14-29(24,2)15-13-25(23)30(20,21)3/h4-5,10,17-18,23-25,28H,6-9,11-16,19H2,1-3H3,(H,31,33)/t23-,24-,25-,28-,29-,30-/m0/s1. The van der Waals surface area contributed by atoms with Gasteiger partial charge in [-0.25, -0.2) is 0 Å². The molecule has 1 heterocycles. The maximum absolute atomic E-state index is 13.1. The summed E-state index contributed by atoms with van der Waals surface area (Å²) >= 11 is 0. The van der Waals surface area contributed by atoms with Crippen LogP contribution in [0.25, 0.3) is 0 Å². The van der Waals surface area contributed by atoms with Crippen LogP contribution in [0.4, 0.5) is 0 Å². The van der Waals surface area contributed by atoms with E-state index in [9.17, 15) is 9.59 Å². The molecule has 0 saturated heterocycles. The molecule has 0 aromatic heterocycles. The van der Waals surface area contributed by atoms with E-state index in [2.05, 4.69) is 26.1 Å². The molecule has 0 aromatic carbocycles. The second kappa shape index (κ2) is 9.72. The van der Waals surface area contributed by atoms with Crippen molar-refractivity contribution in [2.75, 3.05) is 13.2 Å². The van der Waals surface area contributed by atoms with Gasteiger partial charge < -0.3 is 14.8 Å². The van der Waals surface area contributed by atoms with Crippen LogP contribution in [0, 0.1) is 28.6 Å². The van der Waals surface area contributed by atoms with Crippen LogP contribution in [0.2, 0.25) is 0 Å². The summed E-state index contributed by atoms with van der Waals surface area (Å²) in [5.74, 6) is 2.34. The van der Waals surface area contributed by atoms with Crippen LogP contribution in [0.15, 0.2) is 47.3 Å². The predicted octanol–water partition coefficient (Wildman–Crippen LogP) is 5.78. The van der Waals surface area contributed by atoms with Crippen LogP contribution < -0.4 is 5.32 Å². The topological polar surface area (TPSA) is 64.6 Å². The number of rotatable bonds is 7.